The fourth-order valence-corrected chi connectivity index (χ4v) is 10.9. The Bertz CT molecular complexity index is 1700. The van der Waals surface area contributed by atoms with Crippen LogP contribution >= 0.6 is 8.60 Å². The molecule has 0 radical (unpaired) electrons. The summed E-state index contributed by atoms with van der Waals surface area (Å²) >= 11 is 0. The van der Waals surface area contributed by atoms with Gasteiger partial charge in [-0.25, -0.2) is 0 Å². The Hall–Kier alpha value is -2.51. The highest BCUT2D eigenvalue weighted by Crippen LogP contribution is 2.52. The average molecular weight is 857 g/mol. The summed E-state index contributed by atoms with van der Waals surface area (Å²) in [6, 6.07) is 20.6. The van der Waals surface area contributed by atoms with Gasteiger partial charge in [0, 0.05) is 16.7 Å². The molecule has 0 atom stereocenters. The maximum Gasteiger partial charge on any atom is 0.530 e. The molecule has 0 saturated carbocycles. The molecule has 3 aromatic carbocycles. The Morgan fingerprint density at radius 3 is 0.721 bits per heavy atom. The number of benzene rings is 3. The third kappa shape index (κ3) is 14.2. The van der Waals surface area contributed by atoms with Crippen molar-refractivity contribution < 1.29 is 13.6 Å². The summed E-state index contributed by atoms with van der Waals surface area (Å²) in [5, 5.41) is 0. The van der Waals surface area contributed by atoms with Crippen LogP contribution in [0.5, 0.6) is 17.2 Å². The molecule has 344 valence electrons. The van der Waals surface area contributed by atoms with E-state index in [1.165, 1.54) is 33.4 Å². The van der Waals surface area contributed by atoms with Crippen LogP contribution in [0, 0.1) is 16.2 Å². The largest absolute Gasteiger partial charge is 0.530 e. The summed E-state index contributed by atoms with van der Waals surface area (Å²) in [6.07, 6.45) is 6.11. The van der Waals surface area contributed by atoms with E-state index in [2.05, 4.69) is 221 Å². The molecule has 61 heavy (non-hydrogen) atoms. The molecule has 0 aliphatic heterocycles. The number of hydrogen-bond acceptors (Lipinski definition) is 3. The molecule has 0 amide bonds. The van der Waals surface area contributed by atoms with Crippen LogP contribution in [0.4, 0.5) is 0 Å². The first kappa shape index (κ1) is 52.8. The molecule has 3 rings (SSSR count). The molecule has 3 nitrogen and oxygen atoms in total. The van der Waals surface area contributed by atoms with Gasteiger partial charge >= 0.3 is 8.60 Å². The van der Waals surface area contributed by atoms with E-state index in [4.69, 9.17) is 13.6 Å². The summed E-state index contributed by atoms with van der Waals surface area (Å²) in [4.78, 5) is 0. The fraction of sp³-hybridized carbons (Fsp3) is 0.684. The minimum Gasteiger partial charge on any atom is -0.408 e. The average Bonchev–Trinajstić information content (AvgIpc) is 3.08. The van der Waals surface area contributed by atoms with Gasteiger partial charge in [0.05, 0.1) is 0 Å². The molecule has 0 spiro atoms. The van der Waals surface area contributed by atoms with Crippen molar-refractivity contribution in [2.24, 2.45) is 16.2 Å². The van der Waals surface area contributed by atoms with Gasteiger partial charge in [-0.3, -0.25) is 0 Å². The van der Waals surface area contributed by atoms with E-state index < -0.39 is 8.60 Å². The van der Waals surface area contributed by atoms with Gasteiger partial charge in [-0.1, -0.05) is 203 Å². The second-order valence-corrected chi connectivity index (χ2v) is 27.2. The van der Waals surface area contributed by atoms with E-state index in [1.54, 1.807) is 0 Å². The second-order valence-electron chi connectivity index (χ2n) is 26.2. The monoisotopic (exact) mass is 857 g/mol. The third-order valence-corrected chi connectivity index (χ3v) is 14.6. The van der Waals surface area contributed by atoms with Crippen LogP contribution < -0.4 is 13.6 Å². The molecule has 4 heteroatoms. The topological polar surface area (TPSA) is 27.7 Å². The minimum atomic E-state index is -1.97. The SMILES string of the molecule is CCC(C)(C)c1cc(C(C)(C)CC(C)(C)C)ccc1OP(Oc1ccc(C(C)(C)CC(C)(C)C)cc1C(C)(C)CC)Oc1ccc(C(C)(C)CC(C)(C)C)cc1C(C)(C)CC. The molecule has 0 aliphatic rings. The molecular weight excluding hydrogens is 764 g/mol. The summed E-state index contributed by atoms with van der Waals surface area (Å²) in [6.45, 7) is 56.1. The molecule has 0 unspecified atom stereocenters. The summed E-state index contributed by atoms with van der Waals surface area (Å²) < 4.78 is 21.8. The molecule has 0 fully saturated rings. The highest BCUT2D eigenvalue weighted by molar-refractivity contribution is 7.43. The zero-order valence-corrected chi connectivity index (χ0v) is 45.0. The molecule has 0 saturated heterocycles. The van der Waals surface area contributed by atoms with E-state index in [1.807, 2.05) is 0 Å². The Morgan fingerprint density at radius 1 is 0.328 bits per heavy atom. The van der Waals surface area contributed by atoms with Gasteiger partial charge in [0.25, 0.3) is 0 Å². The lowest BCUT2D eigenvalue weighted by Gasteiger charge is -2.36. The molecule has 0 N–H and O–H groups in total. The van der Waals surface area contributed by atoms with Crippen LogP contribution in [0.2, 0.25) is 0 Å². The van der Waals surface area contributed by atoms with Crippen molar-refractivity contribution in [3.63, 3.8) is 0 Å². The lowest BCUT2D eigenvalue weighted by Crippen LogP contribution is -2.26. The molecule has 0 heterocycles. The first-order valence-corrected chi connectivity index (χ1v) is 24.8. The third-order valence-electron chi connectivity index (χ3n) is 13.6. The van der Waals surface area contributed by atoms with Crippen molar-refractivity contribution in [3.8, 4) is 17.2 Å². The van der Waals surface area contributed by atoms with Crippen molar-refractivity contribution >= 4 is 8.60 Å². The molecule has 0 aromatic heterocycles. The van der Waals surface area contributed by atoms with Crippen LogP contribution in [0.3, 0.4) is 0 Å². The van der Waals surface area contributed by atoms with Gasteiger partial charge in [0.2, 0.25) is 0 Å². The zero-order chi connectivity index (χ0) is 47.0. The Labute approximate surface area is 379 Å². The zero-order valence-electron chi connectivity index (χ0n) is 44.1. The predicted molar refractivity (Wildman–Crippen MR) is 269 cm³/mol. The summed E-state index contributed by atoms with van der Waals surface area (Å²) in [7, 11) is -1.97. The van der Waals surface area contributed by atoms with Crippen LogP contribution in [-0.4, -0.2) is 0 Å². The van der Waals surface area contributed by atoms with Crippen LogP contribution in [0.25, 0.3) is 0 Å². The first-order valence-electron chi connectivity index (χ1n) is 23.7. The van der Waals surface area contributed by atoms with Gasteiger partial charge in [0.15, 0.2) is 0 Å². The van der Waals surface area contributed by atoms with Crippen LogP contribution in [0.1, 0.15) is 238 Å². The van der Waals surface area contributed by atoms with Crippen molar-refractivity contribution in [2.75, 3.05) is 0 Å². The Morgan fingerprint density at radius 2 is 0.541 bits per heavy atom. The minimum absolute atomic E-state index is 0.0145. The van der Waals surface area contributed by atoms with Gasteiger partial charge in [0.1, 0.15) is 17.2 Å². The molecular formula is C57H93O3P. The normalized spacial score (nSPS) is 14.1. The van der Waals surface area contributed by atoms with Gasteiger partial charge < -0.3 is 13.6 Å². The van der Waals surface area contributed by atoms with E-state index >= 15 is 0 Å². The lowest BCUT2D eigenvalue weighted by molar-refractivity contribution is 0.283. The number of hydrogen-bond donors (Lipinski definition) is 0. The maximum absolute atomic E-state index is 7.26. The smallest absolute Gasteiger partial charge is 0.408 e. The van der Waals surface area contributed by atoms with E-state index in [0.717, 1.165) is 55.8 Å². The van der Waals surface area contributed by atoms with Gasteiger partial charge in [-0.05, 0) is 122 Å². The second kappa shape index (κ2) is 18.5. The fourth-order valence-electron chi connectivity index (χ4n) is 9.83. The molecule has 0 bridgehead atoms. The van der Waals surface area contributed by atoms with Gasteiger partial charge in [-0.2, -0.15) is 0 Å². The van der Waals surface area contributed by atoms with Crippen molar-refractivity contribution in [2.45, 2.75) is 237 Å². The van der Waals surface area contributed by atoms with Crippen molar-refractivity contribution in [3.05, 3.63) is 88.0 Å². The van der Waals surface area contributed by atoms with Crippen molar-refractivity contribution in [1.29, 1.82) is 0 Å². The van der Waals surface area contributed by atoms with Crippen LogP contribution in [0.15, 0.2) is 54.6 Å². The van der Waals surface area contributed by atoms with Gasteiger partial charge in [-0.15, -0.1) is 0 Å². The molecule has 0 aliphatic carbocycles. The predicted octanol–water partition coefficient (Wildman–Crippen LogP) is 18.7. The standard InChI is InChI=1S/C57H93O3P/c1-25-52(13,14)43-34-40(55(19,20)37-49(4,5)6)28-31-46(43)58-61(59-47-32-29-41(35-44(47)53(15,16)26-2)56(21,22)38-50(7,8)9)60-48-33-30-42(36-45(48)54(17,18)27-3)57(23,24)39-51(10,11)12/h28-36H,25-27,37-39H2,1-24H3. The highest BCUT2D eigenvalue weighted by Gasteiger charge is 2.37. The van der Waals surface area contributed by atoms with E-state index in [0.29, 0.717) is 0 Å². The summed E-state index contributed by atoms with van der Waals surface area (Å²) in [5.74, 6) is 2.48. The van der Waals surface area contributed by atoms with E-state index in [9.17, 15) is 0 Å². The molecule has 3 aromatic rings. The van der Waals surface area contributed by atoms with Crippen LogP contribution in [-0.2, 0) is 32.5 Å². The first-order chi connectivity index (χ1) is 27.4. The van der Waals surface area contributed by atoms with E-state index in [-0.39, 0.29) is 48.7 Å². The number of rotatable bonds is 18. The Balaban J connectivity index is 2.37. The lowest BCUT2D eigenvalue weighted by atomic mass is 9.70. The maximum atomic E-state index is 7.26. The van der Waals surface area contributed by atoms with Crippen molar-refractivity contribution in [1.82, 2.24) is 0 Å². The quantitative estimate of drug-likeness (QED) is 0.119. The summed E-state index contributed by atoms with van der Waals surface area (Å²) in [5.41, 5.74) is 7.67. The Kier molecular flexibility index (Phi) is 16.1. The highest BCUT2D eigenvalue weighted by atomic mass is 31.2.